The largest absolute Gasteiger partial charge is 0.480 e. The maximum absolute atomic E-state index is 11.9. The molecular formula is C20H21NO4. The molecule has 1 aliphatic rings. The Balaban J connectivity index is 1.57. The van der Waals surface area contributed by atoms with E-state index in [1.54, 1.807) is 0 Å². The molecule has 3 rings (SSSR count). The van der Waals surface area contributed by atoms with Crippen LogP contribution in [0.3, 0.4) is 0 Å². The summed E-state index contributed by atoms with van der Waals surface area (Å²) in [6.45, 7) is 0.109. The van der Waals surface area contributed by atoms with Crippen LogP contribution in [-0.4, -0.2) is 23.2 Å². The summed E-state index contributed by atoms with van der Waals surface area (Å²) in [7, 11) is 0. The highest BCUT2D eigenvalue weighted by molar-refractivity contribution is 5.80. The molecule has 2 aromatic carbocycles. The van der Waals surface area contributed by atoms with Crippen molar-refractivity contribution in [2.45, 2.75) is 38.3 Å². The maximum Gasteiger partial charge on any atom is 0.408 e. The van der Waals surface area contributed by atoms with E-state index in [0.717, 1.165) is 30.4 Å². The van der Waals surface area contributed by atoms with E-state index >= 15 is 0 Å². The Morgan fingerprint density at radius 2 is 1.80 bits per heavy atom. The third-order valence-corrected chi connectivity index (χ3v) is 4.41. The lowest BCUT2D eigenvalue weighted by Gasteiger charge is -2.15. The topological polar surface area (TPSA) is 75.6 Å². The first-order chi connectivity index (χ1) is 12.1. The van der Waals surface area contributed by atoms with Gasteiger partial charge in [-0.3, -0.25) is 0 Å². The second-order valence-electron chi connectivity index (χ2n) is 6.26. The number of aryl methyl sites for hydroxylation is 2. The van der Waals surface area contributed by atoms with Crippen LogP contribution in [0, 0.1) is 0 Å². The molecule has 5 heteroatoms. The molecule has 0 fully saturated rings. The number of hydrogen-bond donors (Lipinski definition) is 2. The van der Waals surface area contributed by atoms with Crippen LogP contribution >= 0.6 is 0 Å². The van der Waals surface area contributed by atoms with Crippen LogP contribution in [0.15, 0.2) is 48.5 Å². The predicted octanol–water partition coefficient (Wildman–Crippen LogP) is 3.10. The van der Waals surface area contributed by atoms with E-state index in [9.17, 15) is 14.7 Å². The van der Waals surface area contributed by atoms with E-state index in [4.69, 9.17) is 4.74 Å². The summed E-state index contributed by atoms with van der Waals surface area (Å²) in [5.74, 6) is -1.07. The van der Waals surface area contributed by atoms with E-state index in [1.165, 1.54) is 11.1 Å². The normalized spacial score (nSPS) is 13.8. The molecule has 1 atom stereocenters. The zero-order valence-corrected chi connectivity index (χ0v) is 13.9. The fourth-order valence-corrected chi connectivity index (χ4v) is 3.09. The number of nitrogens with one attached hydrogen (secondary N) is 1. The molecule has 25 heavy (non-hydrogen) atoms. The first-order valence-corrected chi connectivity index (χ1v) is 8.42. The fourth-order valence-electron chi connectivity index (χ4n) is 3.09. The molecule has 1 aliphatic carbocycles. The van der Waals surface area contributed by atoms with Gasteiger partial charge in [-0.15, -0.1) is 0 Å². The van der Waals surface area contributed by atoms with E-state index in [2.05, 4.69) is 17.4 Å². The SMILES string of the molecule is O=C(N[C@@H](Cc1ccc2c(c1)CCC2)C(=O)O)OCc1ccccc1. The molecule has 0 spiro atoms. The number of alkyl carbamates (subject to hydrolysis) is 1. The number of amides is 1. The average Bonchev–Trinajstić information content (AvgIpc) is 3.08. The number of fused-ring (bicyclic) bond motifs is 1. The van der Waals surface area contributed by atoms with Crippen LogP contribution in [0.2, 0.25) is 0 Å². The second kappa shape index (κ2) is 7.83. The molecule has 5 nitrogen and oxygen atoms in total. The molecule has 0 heterocycles. The van der Waals surface area contributed by atoms with Gasteiger partial charge in [0.2, 0.25) is 0 Å². The van der Waals surface area contributed by atoms with Gasteiger partial charge < -0.3 is 15.2 Å². The first-order valence-electron chi connectivity index (χ1n) is 8.42. The standard InChI is InChI=1S/C20H21NO4/c22-19(23)18(12-15-9-10-16-7-4-8-17(16)11-15)21-20(24)25-13-14-5-2-1-3-6-14/h1-3,5-6,9-11,18H,4,7-8,12-13H2,(H,21,24)(H,22,23)/t18-/m0/s1. The van der Waals surface area contributed by atoms with Crippen LogP contribution < -0.4 is 5.32 Å². The van der Waals surface area contributed by atoms with Gasteiger partial charge in [-0.1, -0.05) is 48.5 Å². The molecule has 1 amide bonds. The minimum atomic E-state index is -1.07. The summed E-state index contributed by atoms with van der Waals surface area (Å²) in [5, 5.41) is 11.8. The number of benzene rings is 2. The number of ether oxygens (including phenoxy) is 1. The molecule has 0 saturated carbocycles. The van der Waals surface area contributed by atoms with Crippen molar-refractivity contribution in [3.8, 4) is 0 Å². The minimum Gasteiger partial charge on any atom is -0.480 e. The number of carbonyl (C=O) groups excluding carboxylic acids is 1. The summed E-state index contributed by atoms with van der Waals surface area (Å²) in [4.78, 5) is 23.4. The predicted molar refractivity (Wildman–Crippen MR) is 93.4 cm³/mol. The van der Waals surface area contributed by atoms with Crippen molar-refractivity contribution in [3.05, 3.63) is 70.8 Å². The first kappa shape index (κ1) is 17.0. The highest BCUT2D eigenvalue weighted by Crippen LogP contribution is 2.23. The maximum atomic E-state index is 11.9. The van der Waals surface area contributed by atoms with Crippen molar-refractivity contribution in [3.63, 3.8) is 0 Å². The summed E-state index contributed by atoms with van der Waals surface area (Å²) >= 11 is 0. The third kappa shape index (κ3) is 4.59. The van der Waals surface area contributed by atoms with Crippen LogP contribution in [0.25, 0.3) is 0 Å². The highest BCUT2D eigenvalue weighted by atomic mass is 16.5. The van der Waals surface area contributed by atoms with Crippen LogP contribution in [-0.2, 0) is 35.4 Å². The van der Waals surface area contributed by atoms with E-state index in [1.807, 2.05) is 36.4 Å². The summed E-state index contributed by atoms with van der Waals surface area (Å²) < 4.78 is 5.11. The lowest BCUT2D eigenvalue weighted by Crippen LogP contribution is -2.42. The third-order valence-electron chi connectivity index (χ3n) is 4.41. The van der Waals surface area contributed by atoms with Crippen molar-refractivity contribution >= 4 is 12.1 Å². The van der Waals surface area contributed by atoms with E-state index in [0.29, 0.717) is 0 Å². The molecular weight excluding hydrogens is 318 g/mol. The van der Waals surface area contributed by atoms with Gasteiger partial charge in [0.05, 0.1) is 0 Å². The fraction of sp³-hybridized carbons (Fsp3) is 0.300. The average molecular weight is 339 g/mol. The van der Waals surface area contributed by atoms with Gasteiger partial charge in [0.15, 0.2) is 0 Å². The Morgan fingerprint density at radius 1 is 1.04 bits per heavy atom. The van der Waals surface area contributed by atoms with Gasteiger partial charge in [0.1, 0.15) is 12.6 Å². The zero-order chi connectivity index (χ0) is 17.6. The molecule has 2 N–H and O–H groups in total. The van der Waals surface area contributed by atoms with Crippen molar-refractivity contribution in [1.82, 2.24) is 5.32 Å². The van der Waals surface area contributed by atoms with Crippen molar-refractivity contribution in [2.75, 3.05) is 0 Å². The van der Waals surface area contributed by atoms with Gasteiger partial charge in [-0.2, -0.15) is 0 Å². The number of carboxylic acid groups (broad SMARTS) is 1. The highest BCUT2D eigenvalue weighted by Gasteiger charge is 2.22. The van der Waals surface area contributed by atoms with Gasteiger partial charge in [-0.05, 0) is 41.5 Å². The summed E-state index contributed by atoms with van der Waals surface area (Å²) in [6.07, 6.45) is 2.78. The molecule has 0 aromatic heterocycles. The summed E-state index contributed by atoms with van der Waals surface area (Å²) in [6, 6.07) is 14.3. The van der Waals surface area contributed by atoms with E-state index < -0.39 is 18.1 Å². The minimum absolute atomic E-state index is 0.109. The van der Waals surface area contributed by atoms with Crippen molar-refractivity contribution in [2.24, 2.45) is 0 Å². The number of hydrogen-bond acceptors (Lipinski definition) is 3. The Labute approximate surface area is 146 Å². The van der Waals surface area contributed by atoms with Gasteiger partial charge in [0.25, 0.3) is 0 Å². The lowest BCUT2D eigenvalue weighted by atomic mass is 10.0. The molecule has 0 saturated heterocycles. The second-order valence-corrected chi connectivity index (χ2v) is 6.26. The molecule has 0 unspecified atom stereocenters. The van der Waals surface area contributed by atoms with Crippen LogP contribution in [0.4, 0.5) is 4.79 Å². The monoisotopic (exact) mass is 339 g/mol. The molecule has 130 valence electrons. The number of aliphatic carboxylic acids is 1. The van der Waals surface area contributed by atoms with Crippen molar-refractivity contribution in [1.29, 1.82) is 0 Å². The quantitative estimate of drug-likeness (QED) is 0.848. The van der Waals surface area contributed by atoms with Crippen LogP contribution in [0.5, 0.6) is 0 Å². The Bertz CT molecular complexity index is 758. The zero-order valence-electron chi connectivity index (χ0n) is 13.9. The van der Waals surface area contributed by atoms with Crippen molar-refractivity contribution < 1.29 is 19.4 Å². The number of rotatable bonds is 6. The molecule has 2 aromatic rings. The van der Waals surface area contributed by atoms with Gasteiger partial charge >= 0.3 is 12.1 Å². The number of carboxylic acids is 1. The number of carbonyl (C=O) groups is 2. The van der Waals surface area contributed by atoms with Gasteiger partial charge in [-0.25, -0.2) is 9.59 Å². The Kier molecular flexibility index (Phi) is 5.33. The van der Waals surface area contributed by atoms with E-state index in [-0.39, 0.29) is 13.0 Å². The summed E-state index contributed by atoms with van der Waals surface area (Å²) in [5.41, 5.74) is 4.39. The smallest absolute Gasteiger partial charge is 0.408 e. The molecule has 0 radical (unpaired) electrons. The molecule has 0 aliphatic heterocycles. The van der Waals surface area contributed by atoms with Crippen LogP contribution in [0.1, 0.15) is 28.7 Å². The Morgan fingerprint density at radius 3 is 2.56 bits per heavy atom. The molecule has 0 bridgehead atoms. The van der Waals surface area contributed by atoms with Gasteiger partial charge in [0, 0.05) is 6.42 Å². The lowest BCUT2D eigenvalue weighted by molar-refractivity contribution is -0.139. The Hall–Kier alpha value is -2.82.